The molecule has 2 amide bonds. The second-order valence-electron chi connectivity index (χ2n) is 6.44. The number of halogens is 1. The number of aliphatic carboxylic acids is 1. The first-order valence-corrected chi connectivity index (χ1v) is 8.54. The van der Waals surface area contributed by atoms with E-state index in [2.05, 4.69) is 21.2 Å². The minimum Gasteiger partial charge on any atom is -0.481 e. The number of benzene rings is 1. The molecule has 2 atom stereocenters. The van der Waals surface area contributed by atoms with Gasteiger partial charge in [0.15, 0.2) is 0 Å². The van der Waals surface area contributed by atoms with E-state index in [4.69, 9.17) is 0 Å². The number of carboxylic acid groups (broad SMARTS) is 1. The SMILES string of the molecule is CC(=O)NC(CC(=O)N1CCC(C)(C(=O)O)C1)c1ccc(Br)cc1. The molecule has 2 N–H and O–H groups in total. The molecule has 1 aromatic carbocycles. The van der Waals surface area contributed by atoms with Gasteiger partial charge in [0.1, 0.15) is 0 Å². The van der Waals surface area contributed by atoms with Gasteiger partial charge in [-0.05, 0) is 31.0 Å². The van der Waals surface area contributed by atoms with Crippen molar-refractivity contribution in [3.63, 3.8) is 0 Å². The summed E-state index contributed by atoms with van der Waals surface area (Å²) in [7, 11) is 0. The number of nitrogens with zero attached hydrogens (tertiary/aromatic N) is 1. The third-order valence-electron chi connectivity index (χ3n) is 4.37. The first-order valence-electron chi connectivity index (χ1n) is 7.75. The van der Waals surface area contributed by atoms with E-state index in [1.54, 1.807) is 11.8 Å². The lowest BCUT2D eigenvalue weighted by Crippen LogP contribution is -2.37. The molecule has 0 saturated carbocycles. The number of nitrogens with one attached hydrogen (secondary N) is 1. The molecule has 1 saturated heterocycles. The summed E-state index contributed by atoms with van der Waals surface area (Å²) in [4.78, 5) is 36.9. The maximum absolute atomic E-state index is 12.6. The molecule has 1 aliphatic rings. The number of hydrogen-bond acceptors (Lipinski definition) is 3. The summed E-state index contributed by atoms with van der Waals surface area (Å²) in [6.07, 6.45) is 0.550. The van der Waals surface area contributed by atoms with Crippen molar-refractivity contribution in [1.82, 2.24) is 10.2 Å². The summed E-state index contributed by atoms with van der Waals surface area (Å²) in [6, 6.07) is 6.98. The fourth-order valence-electron chi connectivity index (χ4n) is 2.84. The number of amides is 2. The van der Waals surface area contributed by atoms with Crippen molar-refractivity contribution in [3.05, 3.63) is 34.3 Å². The standard InChI is InChI=1S/C17H21BrN2O4/c1-11(21)19-14(12-3-5-13(18)6-4-12)9-15(22)20-8-7-17(2,10-20)16(23)24/h3-6,14H,7-10H2,1-2H3,(H,19,21)(H,23,24). The van der Waals surface area contributed by atoms with Gasteiger partial charge in [-0.3, -0.25) is 14.4 Å². The van der Waals surface area contributed by atoms with Gasteiger partial charge in [0.25, 0.3) is 0 Å². The highest BCUT2D eigenvalue weighted by molar-refractivity contribution is 9.10. The second-order valence-corrected chi connectivity index (χ2v) is 7.36. The maximum atomic E-state index is 12.6. The molecule has 0 aliphatic carbocycles. The predicted molar refractivity (Wildman–Crippen MR) is 92.3 cm³/mol. The molecule has 130 valence electrons. The van der Waals surface area contributed by atoms with Crippen LogP contribution in [-0.4, -0.2) is 40.9 Å². The molecular formula is C17H21BrN2O4. The van der Waals surface area contributed by atoms with Gasteiger partial charge >= 0.3 is 5.97 Å². The number of carbonyl (C=O) groups excluding carboxylic acids is 2. The largest absolute Gasteiger partial charge is 0.481 e. The summed E-state index contributed by atoms with van der Waals surface area (Å²) in [5.41, 5.74) is -0.0570. The van der Waals surface area contributed by atoms with Crippen LogP contribution in [-0.2, 0) is 14.4 Å². The van der Waals surface area contributed by atoms with Crippen LogP contribution < -0.4 is 5.32 Å². The van der Waals surface area contributed by atoms with E-state index < -0.39 is 17.4 Å². The number of carboxylic acids is 1. The van der Waals surface area contributed by atoms with Gasteiger partial charge in [0.2, 0.25) is 11.8 Å². The molecule has 6 nitrogen and oxygen atoms in total. The quantitative estimate of drug-likeness (QED) is 0.799. The molecule has 2 unspecified atom stereocenters. The molecule has 2 rings (SSSR count). The lowest BCUT2D eigenvalue weighted by Gasteiger charge is -2.23. The normalized spacial score (nSPS) is 21.4. The van der Waals surface area contributed by atoms with E-state index >= 15 is 0 Å². The highest BCUT2D eigenvalue weighted by atomic mass is 79.9. The van der Waals surface area contributed by atoms with E-state index in [1.807, 2.05) is 24.3 Å². The van der Waals surface area contributed by atoms with Crippen LogP contribution in [0.1, 0.15) is 38.3 Å². The van der Waals surface area contributed by atoms with E-state index in [0.29, 0.717) is 13.0 Å². The van der Waals surface area contributed by atoms with Crippen molar-refractivity contribution in [1.29, 1.82) is 0 Å². The van der Waals surface area contributed by atoms with Gasteiger partial charge < -0.3 is 15.3 Å². The zero-order valence-corrected chi connectivity index (χ0v) is 15.3. The van der Waals surface area contributed by atoms with Crippen LogP contribution in [0, 0.1) is 5.41 Å². The third-order valence-corrected chi connectivity index (χ3v) is 4.90. The fraction of sp³-hybridized carbons (Fsp3) is 0.471. The van der Waals surface area contributed by atoms with Crippen molar-refractivity contribution >= 4 is 33.7 Å². The van der Waals surface area contributed by atoms with Crippen LogP contribution in [0.15, 0.2) is 28.7 Å². The highest BCUT2D eigenvalue weighted by Crippen LogP contribution is 2.31. The Morgan fingerprint density at radius 3 is 2.46 bits per heavy atom. The van der Waals surface area contributed by atoms with Crippen LogP contribution in [0.4, 0.5) is 0 Å². The Labute approximate surface area is 149 Å². The summed E-state index contributed by atoms with van der Waals surface area (Å²) in [5, 5.41) is 12.1. The molecule has 0 bridgehead atoms. The summed E-state index contributed by atoms with van der Waals surface area (Å²) < 4.78 is 0.913. The summed E-state index contributed by atoms with van der Waals surface area (Å²) >= 11 is 3.36. The van der Waals surface area contributed by atoms with Gasteiger partial charge in [-0.15, -0.1) is 0 Å². The first-order chi connectivity index (χ1) is 11.2. The molecule has 1 aliphatic heterocycles. The van der Waals surface area contributed by atoms with E-state index in [9.17, 15) is 19.5 Å². The Morgan fingerprint density at radius 2 is 1.96 bits per heavy atom. The van der Waals surface area contributed by atoms with Crippen molar-refractivity contribution < 1.29 is 19.5 Å². The zero-order chi connectivity index (χ0) is 17.9. The van der Waals surface area contributed by atoms with Crippen LogP contribution >= 0.6 is 15.9 Å². The minimum absolute atomic E-state index is 0.108. The lowest BCUT2D eigenvalue weighted by molar-refractivity contribution is -0.147. The van der Waals surface area contributed by atoms with Gasteiger partial charge in [0.05, 0.1) is 17.9 Å². The maximum Gasteiger partial charge on any atom is 0.311 e. The van der Waals surface area contributed by atoms with Crippen LogP contribution in [0.25, 0.3) is 0 Å². The molecule has 0 radical (unpaired) electrons. The molecule has 24 heavy (non-hydrogen) atoms. The topological polar surface area (TPSA) is 86.7 Å². The predicted octanol–water partition coefficient (Wildman–Crippen LogP) is 2.34. The average Bonchev–Trinajstić information content (AvgIpc) is 2.91. The third kappa shape index (κ3) is 4.35. The van der Waals surface area contributed by atoms with Crippen LogP contribution in [0.3, 0.4) is 0 Å². The second kappa shape index (κ2) is 7.34. The molecule has 1 heterocycles. The number of likely N-dealkylation sites (tertiary alicyclic amines) is 1. The monoisotopic (exact) mass is 396 g/mol. The smallest absolute Gasteiger partial charge is 0.311 e. The van der Waals surface area contributed by atoms with E-state index in [-0.39, 0.29) is 24.8 Å². The first kappa shape index (κ1) is 18.4. The molecule has 0 spiro atoms. The van der Waals surface area contributed by atoms with Crippen molar-refractivity contribution in [2.24, 2.45) is 5.41 Å². The highest BCUT2D eigenvalue weighted by Gasteiger charge is 2.42. The van der Waals surface area contributed by atoms with Crippen LogP contribution in [0.5, 0.6) is 0 Å². The average molecular weight is 397 g/mol. The van der Waals surface area contributed by atoms with Crippen molar-refractivity contribution in [2.45, 2.75) is 32.7 Å². The zero-order valence-electron chi connectivity index (χ0n) is 13.7. The summed E-state index contributed by atoms with van der Waals surface area (Å²) in [6.45, 7) is 3.69. The van der Waals surface area contributed by atoms with E-state index in [0.717, 1.165) is 10.0 Å². The lowest BCUT2D eigenvalue weighted by atomic mass is 9.90. The van der Waals surface area contributed by atoms with Gasteiger partial charge in [-0.25, -0.2) is 0 Å². The minimum atomic E-state index is -0.892. The number of rotatable bonds is 5. The fourth-order valence-corrected chi connectivity index (χ4v) is 3.11. The molecule has 0 aromatic heterocycles. The van der Waals surface area contributed by atoms with Crippen molar-refractivity contribution in [3.8, 4) is 0 Å². The Morgan fingerprint density at radius 1 is 1.33 bits per heavy atom. The Bertz CT molecular complexity index is 646. The Balaban J connectivity index is 2.09. The van der Waals surface area contributed by atoms with Gasteiger partial charge in [-0.2, -0.15) is 0 Å². The Kier molecular flexibility index (Phi) is 5.64. The molecule has 1 aromatic rings. The molecule has 1 fully saturated rings. The van der Waals surface area contributed by atoms with Gasteiger partial charge in [0, 0.05) is 24.5 Å². The van der Waals surface area contributed by atoms with Gasteiger partial charge in [-0.1, -0.05) is 28.1 Å². The summed E-state index contributed by atoms with van der Waals surface area (Å²) in [5.74, 6) is -1.25. The van der Waals surface area contributed by atoms with Crippen LogP contribution in [0.2, 0.25) is 0 Å². The van der Waals surface area contributed by atoms with Crippen molar-refractivity contribution in [2.75, 3.05) is 13.1 Å². The van der Waals surface area contributed by atoms with E-state index in [1.165, 1.54) is 6.92 Å². The Hall–Kier alpha value is -1.89. The molecule has 7 heteroatoms. The number of hydrogen-bond donors (Lipinski definition) is 2. The number of carbonyl (C=O) groups is 3. The molecular weight excluding hydrogens is 376 g/mol.